The maximum atomic E-state index is 13.5. The zero-order valence-electron chi connectivity index (χ0n) is 19.2. The molecule has 182 valence electrons. The third kappa shape index (κ3) is 5.31. The van der Waals surface area contributed by atoms with Crippen LogP contribution in [0, 0.1) is 0 Å². The van der Waals surface area contributed by atoms with Crippen molar-refractivity contribution in [2.45, 2.75) is 18.8 Å². The van der Waals surface area contributed by atoms with E-state index in [9.17, 15) is 18.3 Å². The molecule has 9 heteroatoms. The first-order chi connectivity index (χ1) is 16.2. The second-order valence-corrected chi connectivity index (χ2v) is 7.32. The van der Waals surface area contributed by atoms with Crippen LogP contribution in [0.25, 0.3) is 0 Å². The first-order valence-corrected chi connectivity index (χ1v) is 10.3. The molecule has 3 aromatic rings. The molecule has 0 saturated carbocycles. The second kappa shape index (κ2) is 10.6. The van der Waals surface area contributed by atoms with Crippen LogP contribution < -0.4 is 24.3 Å². The molecule has 0 bridgehead atoms. The smallest absolute Gasteiger partial charge is 0.416 e. The summed E-state index contributed by atoms with van der Waals surface area (Å²) in [6.07, 6.45) is -6.00. The zero-order valence-corrected chi connectivity index (χ0v) is 19.2. The molecule has 0 aliphatic heterocycles. The lowest BCUT2D eigenvalue weighted by Crippen LogP contribution is -2.12. The molecule has 0 fully saturated rings. The number of nitrogens with one attached hydrogen (secondary N) is 1. The van der Waals surface area contributed by atoms with Crippen molar-refractivity contribution in [1.82, 2.24) is 0 Å². The fourth-order valence-electron chi connectivity index (χ4n) is 3.61. The van der Waals surface area contributed by atoms with Crippen molar-refractivity contribution >= 4 is 5.69 Å². The Bertz CT molecular complexity index is 1130. The van der Waals surface area contributed by atoms with Gasteiger partial charge in [0.15, 0.2) is 11.5 Å². The van der Waals surface area contributed by atoms with E-state index >= 15 is 0 Å². The number of hydrogen-bond acceptors (Lipinski definition) is 6. The predicted molar refractivity (Wildman–Crippen MR) is 122 cm³/mol. The molecule has 3 aromatic carbocycles. The van der Waals surface area contributed by atoms with Gasteiger partial charge in [-0.05, 0) is 36.4 Å². The number of aliphatic hydroxyl groups is 1. The topological polar surface area (TPSA) is 69.2 Å². The largest absolute Gasteiger partial charge is 0.497 e. The molecule has 0 saturated heterocycles. The van der Waals surface area contributed by atoms with Crippen molar-refractivity contribution in [3.8, 4) is 23.0 Å². The number of hydrogen-bond donors (Lipinski definition) is 2. The van der Waals surface area contributed by atoms with Gasteiger partial charge in [0.05, 0.1) is 34.0 Å². The van der Waals surface area contributed by atoms with E-state index in [4.69, 9.17) is 18.9 Å². The van der Waals surface area contributed by atoms with Crippen molar-refractivity contribution in [1.29, 1.82) is 0 Å². The summed E-state index contributed by atoms with van der Waals surface area (Å²) in [5.74, 6) is 1.74. The van der Waals surface area contributed by atoms with Gasteiger partial charge >= 0.3 is 6.18 Å². The number of benzene rings is 3. The quantitative estimate of drug-likeness (QED) is 0.428. The van der Waals surface area contributed by atoms with Crippen LogP contribution >= 0.6 is 0 Å². The molecule has 1 atom stereocenters. The van der Waals surface area contributed by atoms with Crippen LogP contribution in [0.5, 0.6) is 23.0 Å². The summed E-state index contributed by atoms with van der Waals surface area (Å²) in [4.78, 5) is 0. The van der Waals surface area contributed by atoms with Gasteiger partial charge in [0.2, 0.25) is 0 Å². The second-order valence-electron chi connectivity index (χ2n) is 7.32. The number of aliphatic hydroxyl groups excluding tert-OH is 1. The van der Waals surface area contributed by atoms with Gasteiger partial charge in [-0.15, -0.1) is 0 Å². The number of ether oxygens (including phenoxy) is 4. The summed E-state index contributed by atoms with van der Waals surface area (Å²) in [5.41, 5.74) is 0.502. The van der Waals surface area contributed by atoms with Gasteiger partial charge in [-0.2, -0.15) is 13.2 Å². The highest BCUT2D eigenvalue weighted by Gasteiger charge is 2.32. The molecule has 2 N–H and O–H groups in total. The molecule has 0 radical (unpaired) electrons. The van der Waals surface area contributed by atoms with Gasteiger partial charge in [0.1, 0.15) is 17.6 Å². The van der Waals surface area contributed by atoms with E-state index in [2.05, 4.69) is 5.32 Å². The van der Waals surface area contributed by atoms with Crippen molar-refractivity contribution in [3.63, 3.8) is 0 Å². The maximum absolute atomic E-state index is 13.5. The highest BCUT2D eigenvalue weighted by atomic mass is 19.4. The fourth-order valence-corrected chi connectivity index (χ4v) is 3.61. The Morgan fingerprint density at radius 3 is 2.18 bits per heavy atom. The minimum atomic E-state index is -4.58. The molecular formula is C25H26F3NO5. The van der Waals surface area contributed by atoms with Crippen molar-refractivity contribution in [2.24, 2.45) is 0 Å². The molecule has 34 heavy (non-hydrogen) atoms. The zero-order chi connectivity index (χ0) is 24.9. The molecule has 6 nitrogen and oxygen atoms in total. The number of rotatable bonds is 9. The van der Waals surface area contributed by atoms with Gasteiger partial charge in [-0.1, -0.05) is 12.1 Å². The number of anilines is 1. The molecule has 0 amide bonds. The SMILES string of the molecule is COc1ccc(CNc2ccc(C(F)(F)F)cc2C(O)c2cccc(OC)c2OC)c(OC)c1. The van der Waals surface area contributed by atoms with Gasteiger partial charge in [0, 0.05) is 35.0 Å². The van der Waals surface area contributed by atoms with Crippen LogP contribution in [0.15, 0.2) is 54.6 Å². The number of alkyl halides is 3. The van der Waals surface area contributed by atoms with E-state index in [1.165, 1.54) is 34.5 Å². The van der Waals surface area contributed by atoms with E-state index in [0.29, 0.717) is 22.9 Å². The third-order valence-corrected chi connectivity index (χ3v) is 5.37. The third-order valence-electron chi connectivity index (χ3n) is 5.37. The Morgan fingerprint density at radius 1 is 0.824 bits per heavy atom. The maximum Gasteiger partial charge on any atom is 0.416 e. The fraction of sp³-hybridized carbons (Fsp3) is 0.280. The van der Waals surface area contributed by atoms with E-state index in [1.54, 1.807) is 36.4 Å². The summed E-state index contributed by atoms with van der Waals surface area (Å²) < 4.78 is 61.7. The Balaban J connectivity index is 2.03. The van der Waals surface area contributed by atoms with Crippen molar-refractivity contribution < 1.29 is 37.2 Å². The highest BCUT2D eigenvalue weighted by molar-refractivity contribution is 5.59. The minimum absolute atomic E-state index is 0.0360. The Labute approximate surface area is 195 Å². The van der Waals surface area contributed by atoms with Crippen molar-refractivity contribution in [2.75, 3.05) is 33.8 Å². The van der Waals surface area contributed by atoms with E-state index < -0.39 is 17.8 Å². The molecular weight excluding hydrogens is 451 g/mol. The first-order valence-electron chi connectivity index (χ1n) is 10.3. The normalized spacial score (nSPS) is 12.1. The Hall–Kier alpha value is -3.59. The molecule has 0 spiro atoms. The summed E-state index contributed by atoms with van der Waals surface area (Å²) >= 11 is 0. The lowest BCUT2D eigenvalue weighted by atomic mass is 9.96. The molecule has 0 aliphatic rings. The van der Waals surface area contributed by atoms with E-state index in [-0.39, 0.29) is 23.4 Å². The molecule has 0 heterocycles. The van der Waals surface area contributed by atoms with Crippen molar-refractivity contribution in [3.05, 3.63) is 76.9 Å². The first kappa shape index (κ1) is 25.0. The average molecular weight is 477 g/mol. The molecule has 0 aromatic heterocycles. The van der Waals surface area contributed by atoms with Crippen LogP contribution in [0.2, 0.25) is 0 Å². The van der Waals surface area contributed by atoms with Gasteiger partial charge in [-0.25, -0.2) is 0 Å². The highest BCUT2D eigenvalue weighted by Crippen LogP contribution is 2.41. The van der Waals surface area contributed by atoms with Gasteiger partial charge < -0.3 is 29.4 Å². The predicted octanol–water partition coefficient (Wildman–Crippen LogP) is 5.43. The summed E-state index contributed by atoms with van der Waals surface area (Å²) in [6, 6.07) is 13.3. The lowest BCUT2D eigenvalue weighted by Gasteiger charge is -2.22. The van der Waals surface area contributed by atoms with E-state index in [1.807, 2.05) is 0 Å². The molecule has 3 rings (SSSR count). The Morgan fingerprint density at radius 2 is 1.56 bits per heavy atom. The van der Waals surface area contributed by atoms with Gasteiger partial charge in [0.25, 0.3) is 0 Å². The summed E-state index contributed by atoms with van der Waals surface area (Å²) in [7, 11) is 5.89. The molecule has 1 unspecified atom stereocenters. The molecule has 0 aliphatic carbocycles. The summed E-state index contributed by atoms with van der Waals surface area (Å²) in [5, 5.41) is 14.3. The average Bonchev–Trinajstić information content (AvgIpc) is 2.85. The van der Waals surface area contributed by atoms with Gasteiger partial charge in [-0.3, -0.25) is 0 Å². The van der Waals surface area contributed by atoms with Crippen LogP contribution in [-0.2, 0) is 12.7 Å². The number of para-hydroxylation sites is 1. The van der Waals surface area contributed by atoms with Crippen LogP contribution in [0.4, 0.5) is 18.9 Å². The standard InChI is InChI=1S/C25H26F3NO5/c1-31-17-10-8-15(22(13-17)33-3)14-29-20-11-9-16(25(26,27)28)12-19(20)23(30)18-6-5-7-21(32-2)24(18)34-4/h5-13,23,29-30H,14H2,1-4H3. The number of halogens is 3. The lowest BCUT2D eigenvalue weighted by molar-refractivity contribution is -0.137. The van der Waals surface area contributed by atoms with Crippen LogP contribution in [0.3, 0.4) is 0 Å². The monoisotopic (exact) mass is 477 g/mol. The minimum Gasteiger partial charge on any atom is -0.497 e. The van der Waals surface area contributed by atoms with Crippen LogP contribution in [0.1, 0.15) is 28.4 Å². The Kier molecular flexibility index (Phi) is 7.78. The number of methoxy groups -OCH3 is 4. The van der Waals surface area contributed by atoms with E-state index in [0.717, 1.165) is 17.7 Å². The van der Waals surface area contributed by atoms with Crippen LogP contribution in [-0.4, -0.2) is 33.5 Å². The summed E-state index contributed by atoms with van der Waals surface area (Å²) in [6.45, 7) is 0.230.